The van der Waals surface area contributed by atoms with Crippen molar-refractivity contribution in [1.82, 2.24) is 10.6 Å². The SMILES string of the molecule is C[C@@H](NC(=O)c1ccc(Cl)cc1)C(=O)NC(C)(C)CO. The van der Waals surface area contributed by atoms with Crippen molar-refractivity contribution in [2.45, 2.75) is 32.4 Å². The highest BCUT2D eigenvalue weighted by molar-refractivity contribution is 6.30. The van der Waals surface area contributed by atoms with Gasteiger partial charge in [0, 0.05) is 10.6 Å². The molecular formula is C14H19ClN2O3. The molecule has 5 nitrogen and oxygen atoms in total. The van der Waals surface area contributed by atoms with E-state index in [1.165, 1.54) is 0 Å². The Morgan fingerprint density at radius 2 is 1.85 bits per heavy atom. The van der Waals surface area contributed by atoms with Crippen molar-refractivity contribution in [1.29, 1.82) is 0 Å². The Hall–Kier alpha value is -1.59. The monoisotopic (exact) mass is 298 g/mol. The van der Waals surface area contributed by atoms with Crippen LogP contribution in [0.3, 0.4) is 0 Å². The molecule has 0 aliphatic heterocycles. The number of halogens is 1. The fourth-order valence-corrected chi connectivity index (χ4v) is 1.55. The van der Waals surface area contributed by atoms with Gasteiger partial charge in [-0.2, -0.15) is 0 Å². The molecule has 0 heterocycles. The number of nitrogens with one attached hydrogen (secondary N) is 2. The van der Waals surface area contributed by atoms with Gasteiger partial charge in [-0.3, -0.25) is 9.59 Å². The molecule has 0 saturated carbocycles. The molecule has 20 heavy (non-hydrogen) atoms. The predicted molar refractivity (Wildman–Crippen MR) is 77.7 cm³/mol. The van der Waals surface area contributed by atoms with E-state index in [1.807, 2.05) is 0 Å². The number of carbonyl (C=O) groups excluding carboxylic acids is 2. The van der Waals surface area contributed by atoms with Gasteiger partial charge in [-0.05, 0) is 45.0 Å². The van der Waals surface area contributed by atoms with Crippen molar-refractivity contribution < 1.29 is 14.7 Å². The van der Waals surface area contributed by atoms with Crippen LogP contribution in [-0.2, 0) is 4.79 Å². The Bertz CT molecular complexity index is 486. The van der Waals surface area contributed by atoms with Crippen molar-refractivity contribution >= 4 is 23.4 Å². The van der Waals surface area contributed by atoms with Crippen LogP contribution >= 0.6 is 11.6 Å². The van der Waals surface area contributed by atoms with Crippen LogP contribution in [0.1, 0.15) is 31.1 Å². The third-order valence-electron chi connectivity index (χ3n) is 2.70. The Morgan fingerprint density at radius 3 is 2.35 bits per heavy atom. The molecule has 6 heteroatoms. The van der Waals surface area contributed by atoms with E-state index in [0.29, 0.717) is 10.6 Å². The van der Waals surface area contributed by atoms with E-state index in [9.17, 15) is 9.59 Å². The average molecular weight is 299 g/mol. The Balaban J connectivity index is 2.61. The summed E-state index contributed by atoms with van der Waals surface area (Å²) in [7, 11) is 0. The number of hydrogen-bond acceptors (Lipinski definition) is 3. The molecule has 0 spiro atoms. The van der Waals surface area contributed by atoms with Gasteiger partial charge in [0.05, 0.1) is 12.1 Å². The number of aliphatic hydroxyl groups excluding tert-OH is 1. The van der Waals surface area contributed by atoms with Crippen molar-refractivity contribution in [2.75, 3.05) is 6.61 Å². The van der Waals surface area contributed by atoms with E-state index in [1.54, 1.807) is 45.0 Å². The summed E-state index contributed by atoms with van der Waals surface area (Å²) in [6.45, 7) is 4.78. The van der Waals surface area contributed by atoms with E-state index < -0.39 is 11.6 Å². The lowest BCUT2D eigenvalue weighted by Gasteiger charge is -2.25. The van der Waals surface area contributed by atoms with Gasteiger partial charge in [-0.15, -0.1) is 0 Å². The fraction of sp³-hybridized carbons (Fsp3) is 0.429. The van der Waals surface area contributed by atoms with Crippen LogP contribution in [0.15, 0.2) is 24.3 Å². The van der Waals surface area contributed by atoms with Crippen LogP contribution < -0.4 is 10.6 Å². The van der Waals surface area contributed by atoms with Gasteiger partial charge in [0.1, 0.15) is 6.04 Å². The maximum Gasteiger partial charge on any atom is 0.251 e. The minimum Gasteiger partial charge on any atom is -0.394 e. The van der Waals surface area contributed by atoms with Crippen molar-refractivity contribution in [3.05, 3.63) is 34.9 Å². The summed E-state index contributed by atoms with van der Waals surface area (Å²) in [4.78, 5) is 23.8. The smallest absolute Gasteiger partial charge is 0.251 e. The predicted octanol–water partition coefficient (Wildman–Crippen LogP) is 1.35. The first-order valence-electron chi connectivity index (χ1n) is 6.24. The highest BCUT2D eigenvalue weighted by atomic mass is 35.5. The second kappa shape index (κ2) is 6.72. The third kappa shape index (κ3) is 4.83. The lowest BCUT2D eigenvalue weighted by molar-refractivity contribution is -0.124. The molecule has 1 aromatic carbocycles. The minimum absolute atomic E-state index is 0.184. The molecular weight excluding hydrogens is 280 g/mol. The Morgan fingerprint density at radius 1 is 1.30 bits per heavy atom. The molecule has 1 atom stereocenters. The molecule has 1 rings (SSSR count). The summed E-state index contributed by atoms with van der Waals surface area (Å²) >= 11 is 5.74. The van der Waals surface area contributed by atoms with Gasteiger partial charge in [-0.25, -0.2) is 0 Å². The van der Waals surface area contributed by atoms with Gasteiger partial charge < -0.3 is 15.7 Å². The van der Waals surface area contributed by atoms with Crippen LogP contribution in [0, 0.1) is 0 Å². The first-order chi connectivity index (χ1) is 9.25. The van der Waals surface area contributed by atoms with E-state index in [4.69, 9.17) is 16.7 Å². The zero-order valence-corrected chi connectivity index (χ0v) is 12.5. The molecule has 0 bridgehead atoms. The normalized spacial score (nSPS) is 12.7. The highest BCUT2D eigenvalue weighted by Gasteiger charge is 2.23. The zero-order valence-electron chi connectivity index (χ0n) is 11.7. The highest BCUT2D eigenvalue weighted by Crippen LogP contribution is 2.09. The van der Waals surface area contributed by atoms with Crippen molar-refractivity contribution in [3.8, 4) is 0 Å². The summed E-state index contributed by atoms with van der Waals surface area (Å²) in [5.41, 5.74) is -0.299. The lowest BCUT2D eigenvalue weighted by Crippen LogP contribution is -2.53. The van der Waals surface area contributed by atoms with Crippen LogP contribution in [-0.4, -0.2) is 35.1 Å². The van der Waals surface area contributed by atoms with Crippen LogP contribution in [0.2, 0.25) is 5.02 Å². The van der Waals surface area contributed by atoms with Crippen LogP contribution in [0.25, 0.3) is 0 Å². The quantitative estimate of drug-likeness (QED) is 0.768. The number of amides is 2. The maximum atomic E-state index is 11.9. The topological polar surface area (TPSA) is 78.4 Å². The molecule has 0 aliphatic rings. The molecule has 110 valence electrons. The van der Waals surface area contributed by atoms with Crippen LogP contribution in [0.4, 0.5) is 0 Å². The van der Waals surface area contributed by atoms with Gasteiger partial charge >= 0.3 is 0 Å². The molecule has 0 saturated heterocycles. The molecule has 0 fully saturated rings. The van der Waals surface area contributed by atoms with Gasteiger partial charge in [0.25, 0.3) is 5.91 Å². The van der Waals surface area contributed by atoms with Crippen LogP contribution in [0.5, 0.6) is 0 Å². The molecule has 0 unspecified atom stereocenters. The Labute approximate surface area is 123 Å². The van der Waals surface area contributed by atoms with Gasteiger partial charge in [-0.1, -0.05) is 11.6 Å². The molecule has 1 aromatic rings. The number of hydrogen-bond donors (Lipinski definition) is 3. The van der Waals surface area contributed by atoms with Crippen molar-refractivity contribution in [2.24, 2.45) is 0 Å². The number of benzene rings is 1. The first-order valence-corrected chi connectivity index (χ1v) is 6.62. The fourth-order valence-electron chi connectivity index (χ4n) is 1.43. The van der Waals surface area contributed by atoms with Crippen molar-refractivity contribution in [3.63, 3.8) is 0 Å². The number of aliphatic hydroxyl groups is 1. The van der Waals surface area contributed by atoms with E-state index in [-0.39, 0.29) is 18.4 Å². The second-order valence-electron chi connectivity index (χ2n) is 5.23. The standard InChI is InChI=1S/C14H19ClN2O3/c1-9(12(19)17-14(2,3)8-18)16-13(20)10-4-6-11(15)7-5-10/h4-7,9,18H,8H2,1-3H3,(H,16,20)(H,17,19)/t9-/m1/s1. The summed E-state index contributed by atoms with van der Waals surface area (Å²) in [5, 5.41) is 14.9. The van der Waals surface area contributed by atoms with E-state index in [2.05, 4.69) is 10.6 Å². The summed E-state index contributed by atoms with van der Waals surface area (Å²) < 4.78 is 0. The minimum atomic E-state index is -0.726. The second-order valence-corrected chi connectivity index (χ2v) is 5.67. The van der Waals surface area contributed by atoms with Gasteiger partial charge in [0.2, 0.25) is 5.91 Å². The molecule has 0 aliphatic carbocycles. The lowest BCUT2D eigenvalue weighted by atomic mass is 10.1. The zero-order chi connectivity index (χ0) is 15.3. The molecule has 0 aromatic heterocycles. The number of rotatable bonds is 5. The summed E-state index contributed by atoms with van der Waals surface area (Å²) in [6, 6.07) is 5.68. The molecule has 2 amide bonds. The number of carbonyl (C=O) groups is 2. The van der Waals surface area contributed by atoms with Gasteiger partial charge in [0.15, 0.2) is 0 Å². The largest absolute Gasteiger partial charge is 0.394 e. The van der Waals surface area contributed by atoms with E-state index in [0.717, 1.165) is 0 Å². The first kappa shape index (κ1) is 16.5. The average Bonchev–Trinajstić information content (AvgIpc) is 2.38. The van der Waals surface area contributed by atoms with E-state index >= 15 is 0 Å². The third-order valence-corrected chi connectivity index (χ3v) is 2.96. The summed E-state index contributed by atoms with van der Waals surface area (Å²) in [6.07, 6.45) is 0. The maximum absolute atomic E-state index is 11.9. The Kier molecular flexibility index (Phi) is 5.53. The molecule has 3 N–H and O–H groups in total. The summed E-state index contributed by atoms with van der Waals surface area (Å²) in [5.74, 6) is -0.711. The molecule has 0 radical (unpaired) electrons.